The molecule has 77 heavy (non-hydrogen) atoms. The minimum atomic E-state index is -5.14. The summed E-state index contributed by atoms with van der Waals surface area (Å²) < 4.78 is 97.7. The molecule has 0 amide bonds. The molecule has 0 bridgehead atoms. The fraction of sp³-hybridized carbons (Fsp3) is 0.889. The summed E-state index contributed by atoms with van der Waals surface area (Å²) >= 11 is 0. The van der Waals surface area contributed by atoms with Gasteiger partial charge in [-0.25, -0.2) is 16.8 Å². The zero-order chi connectivity index (χ0) is 56.6. The van der Waals surface area contributed by atoms with Crippen LogP contribution in [0.4, 0.5) is 0 Å². The van der Waals surface area contributed by atoms with Crippen molar-refractivity contribution in [2.45, 2.75) is 243 Å². The minimum Gasteiger partial charge on any atom is -0.747 e. The molecule has 20 nitrogen and oxygen atoms in total. The van der Waals surface area contributed by atoms with Crippen molar-refractivity contribution in [1.29, 1.82) is 0 Å². The van der Waals surface area contributed by atoms with E-state index >= 15 is 0 Å². The Hall–Kier alpha value is -2.18. The van der Waals surface area contributed by atoms with E-state index in [0.717, 1.165) is 38.5 Å². The van der Waals surface area contributed by atoms with Gasteiger partial charge in [0, 0.05) is 12.8 Å². The largest absolute Gasteiger partial charge is 2.00 e. The van der Waals surface area contributed by atoms with Gasteiger partial charge in [-0.05, 0) is 12.8 Å². The standard InChI is InChI=1S/2C27H48O10S.Ca/c2*1-2-3-4-5-6-7-8-9-10-11-12-13-14-15-16-17-24(29)35-20-27(19-28)21-36-25(30)18-23(38(32,33)34)26(31)37-22-27;/h2*23,28H,2-22H2,1H3,(H,32,33,34);/q;;+2/p-2. The first kappa shape index (κ1) is 74.8. The average molecular weight is 1170 g/mol. The Kier molecular flexibility index (Phi) is 43.2. The Balaban J connectivity index is 0.00000148. The van der Waals surface area contributed by atoms with Crippen molar-refractivity contribution in [3.8, 4) is 0 Å². The summed E-state index contributed by atoms with van der Waals surface area (Å²) in [5.74, 6) is -6.00. The normalized spacial score (nSPS) is 20.4. The first-order valence-corrected chi connectivity index (χ1v) is 31.3. The molecule has 0 aromatic carbocycles. The molecule has 0 aromatic rings. The van der Waals surface area contributed by atoms with Crippen LogP contribution in [0.25, 0.3) is 0 Å². The third kappa shape index (κ3) is 36.7. The maximum Gasteiger partial charge on any atom is 2.00 e. The Morgan fingerprint density at radius 1 is 0.455 bits per heavy atom. The van der Waals surface area contributed by atoms with E-state index in [1.54, 1.807) is 0 Å². The van der Waals surface area contributed by atoms with E-state index in [0.29, 0.717) is 12.8 Å². The number of ether oxygens (including phenoxy) is 6. The van der Waals surface area contributed by atoms with Crippen molar-refractivity contribution >= 4 is 93.8 Å². The summed E-state index contributed by atoms with van der Waals surface area (Å²) in [7, 11) is -10.3. The van der Waals surface area contributed by atoms with Crippen molar-refractivity contribution in [3.63, 3.8) is 0 Å². The molecule has 23 heteroatoms. The number of carbonyl (C=O) groups excluding carboxylic acids is 6. The first-order chi connectivity index (χ1) is 36.3. The van der Waals surface area contributed by atoms with Crippen molar-refractivity contribution in [3.05, 3.63) is 0 Å². The third-order valence-corrected chi connectivity index (χ3v) is 15.9. The molecule has 2 saturated heterocycles. The molecule has 2 N–H and O–H groups in total. The molecule has 2 fully saturated rings. The van der Waals surface area contributed by atoms with Crippen LogP contribution in [0.2, 0.25) is 0 Å². The Labute approximate surface area is 490 Å². The van der Waals surface area contributed by atoms with E-state index in [1.807, 2.05) is 0 Å². The molecule has 2 rings (SSSR count). The van der Waals surface area contributed by atoms with E-state index in [-0.39, 0.29) is 50.6 Å². The van der Waals surface area contributed by atoms with Crippen molar-refractivity contribution in [2.75, 3.05) is 52.9 Å². The summed E-state index contributed by atoms with van der Waals surface area (Å²) in [5, 5.41) is 15.2. The van der Waals surface area contributed by atoms with Gasteiger partial charge in [-0.1, -0.05) is 194 Å². The van der Waals surface area contributed by atoms with E-state index in [1.165, 1.54) is 141 Å². The second kappa shape index (κ2) is 44.5. The summed E-state index contributed by atoms with van der Waals surface area (Å²) in [6.45, 7) is 0.294. The van der Waals surface area contributed by atoms with Gasteiger partial charge in [0.1, 0.15) is 59.9 Å². The van der Waals surface area contributed by atoms with Gasteiger partial charge in [-0.3, -0.25) is 28.8 Å². The number of unbranched alkanes of at least 4 members (excludes halogenated alkanes) is 28. The second-order valence-corrected chi connectivity index (χ2v) is 24.1. The zero-order valence-corrected chi connectivity index (χ0v) is 50.5. The van der Waals surface area contributed by atoms with Crippen LogP contribution in [-0.4, -0.2) is 173 Å². The van der Waals surface area contributed by atoms with Crippen LogP contribution in [0.1, 0.15) is 232 Å². The van der Waals surface area contributed by atoms with Gasteiger partial charge in [0.15, 0.2) is 10.5 Å². The van der Waals surface area contributed by atoms with Crippen LogP contribution in [0, 0.1) is 10.8 Å². The number of aliphatic hydroxyl groups is 2. The summed E-state index contributed by atoms with van der Waals surface area (Å²) in [6, 6.07) is 0. The fourth-order valence-corrected chi connectivity index (χ4v) is 9.83. The van der Waals surface area contributed by atoms with Gasteiger partial charge in [-0.15, -0.1) is 0 Å². The molecule has 444 valence electrons. The number of hydrogen-bond donors (Lipinski definition) is 2. The van der Waals surface area contributed by atoms with Crippen molar-refractivity contribution < 1.29 is 93.3 Å². The number of aliphatic hydroxyl groups excluding tert-OH is 2. The maximum absolute atomic E-state index is 12.2. The Bertz CT molecular complexity index is 1740. The molecule has 2 aliphatic rings. The molecule has 0 spiro atoms. The molecular formula is C54H94CaO20S2. The molecule has 0 saturated carbocycles. The van der Waals surface area contributed by atoms with E-state index in [4.69, 9.17) is 28.4 Å². The molecule has 4 atom stereocenters. The number of rotatable bonds is 40. The molecule has 0 radical (unpaired) electrons. The second-order valence-electron chi connectivity index (χ2n) is 20.9. The van der Waals surface area contributed by atoms with Gasteiger partial charge in [0.05, 0.1) is 36.9 Å². The van der Waals surface area contributed by atoms with E-state index in [2.05, 4.69) is 13.8 Å². The number of carbonyl (C=O) groups is 6. The molecule has 2 aliphatic heterocycles. The van der Waals surface area contributed by atoms with Crippen LogP contribution < -0.4 is 0 Å². The van der Waals surface area contributed by atoms with Crippen molar-refractivity contribution in [2.24, 2.45) is 10.8 Å². The maximum atomic E-state index is 12.2. The van der Waals surface area contributed by atoms with Gasteiger partial charge >= 0.3 is 73.6 Å². The average Bonchev–Trinajstić information content (AvgIpc) is 3.49. The van der Waals surface area contributed by atoms with E-state index in [9.17, 15) is 64.9 Å². The Morgan fingerprint density at radius 2 is 0.688 bits per heavy atom. The fourth-order valence-electron chi connectivity index (χ4n) is 8.55. The molecular weight excluding hydrogens is 1070 g/mol. The van der Waals surface area contributed by atoms with Crippen LogP contribution in [0.5, 0.6) is 0 Å². The molecule has 0 aromatic heterocycles. The van der Waals surface area contributed by atoms with Gasteiger partial charge < -0.3 is 47.7 Å². The Morgan fingerprint density at radius 3 is 0.922 bits per heavy atom. The predicted molar refractivity (Wildman–Crippen MR) is 286 cm³/mol. The summed E-state index contributed by atoms with van der Waals surface area (Å²) in [4.78, 5) is 72.1. The summed E-state index contributed by atoms with van der Waals surface area (Å²) in [5.41, 5.74) is -2.89. The zero-order valence-electron chi connectivity index (χ0n) is 46.6. The van der Waals surface area contributed by atoms with Crippen LogP contribution in [0.15, 0.2) is 0 Å². The number of esters is 6. The predicted octanol–water partition coefficient (Wildman–Crippen LogP) is 7.97. The van der Waals surface area contributed by atoms with Crippen molar-refractivity contribution in [1.82, 2.24) is 0 Å². The number of cyclic esters (lactones) is 4. The monoisotopic (exact) mass is 1170 g/mol. The van der Waals surface area contributed by atoms with Gasteiger partial charge in [0.25, 0.3) is 0 Å². The van der Waals surface area contributed by atoms with Gasteiger partial charge in [-0.2, -0.15) is 0 Å². The summed E-state index contributed by atoms with van der Waals surface area (Å²) in [6.07, 6.45) is 34.8. The topological polar surface area (TPSA) is 313 Å². The van der Waals surface area contributed by atoms with Crippen LogP contribution >= 0.6 is 0 Å². The smallest absolute Gasteiger partial charge is 0.747 e. The minimum absolute atomic E-state index is 0. The first-order valence-electron chi connectivity index (χ1n) is 28.3. The van der Waals surface area contributed by atoms with Gasteiger partial charge in [0.2, 0.25) is 0 Å². The molecule has 0 aliphatic carbocycles. The van der Waals surface area contributed by atoms with Crippen LogP contribution in [0.3, 0.4) is 0 Å². The van der Waals surface area contributed by atoms with Crippen LogP contribution in [-0.2, 0) is 77.4 Å². The van der Waals surface area contributed by atoms with E-state index < -0.39 is 143 Å². The molecule has 4 unspecified atom stereocenters. The third-order valence-electron chi connectivity index (χ3n) is 13.8. The SMILES string of the molecule is CCCCCCCCCCCCCCCCCC(=O)OCC1(CO)COC(=O)CC(S(=O)(=O)[O-])C(=O)OC1.CCCCCCCCCCCCCCCCCC(=O)OCC1(CO)COC(=O)CC(S(=O)(=O)[O-])C(=O)OC1.[Ca+2]. The number of hydrogen-bond acceptors (Lipinski definition) is 20. The molecule has 2 heterocycles. The quantitative estimate of drug-likeness (QED) is 0.0193.